The fraction of sp³-hybridized carbons (Fsp3) is 0.462. The molecule has 4 nitrogen and oxygen atoms in total. The average Bonchev–Trinajstić information content (AvgIpc) is 2.32. The fourth-order valence-electron chi connectivity index (χ4n) is 2.12. The maximum Gasteiger partial charge on any atom is 0.317 e. The van der Waals surface area contributed by atoms with E-state index >= 15 is 0 Å². The van der Waals surface area contributed by atoms with Gasteiger partial charge in [-0.15, -0.1) is 0 Å². The normalized spacial score (nSPS) is 25.0. The van der Waals surface area contributed by atoms with Crippen LogP contribution >= 0.6 is 11.6 Å². The summed E-state index contributed by atoms with van der Waals surface area (Å²) in [6.07, 6.45) is -0.158. The fourth-order valence-corrected chi connectivity index (χ4v) is 2.38. The number of benzene rings is 1. The molecule has 1 N–H and O–H groups in total. The van der Waals surface area contributed by atoms with Gasteiger partial charge in [-0.2, -0.15) is 0 Å². The summed E-state index contributed by atoms with van der Waals surface area (Å²) in [5, 5.41) is 9.55. The Hall–Kier alpha value is -1.10. The summed E-state index contributed by atoms with van der Waals surface area (Å²) in [4.78, 5) is 12.7. The minimum Gasteiger partial charge on any atom is -0.480 e. The number of nitrogens with zero attached hydrogens (tertiary/aromatic N) is 1. The molecular formula is C13H16ClNO3. The molecule has 1 saturated heterocycles. The molecular weight excluding hydrogens is 254 g/mol. The highest BCUT2D eigenvalue weighted by Crippen LogP contribution is 2.29. The Morgan fingerprint density at radius 1 is 1.56 bits per heavy atom. The number of rotatable bonds is 3. The Morgan fingerprint density at radius 2 is 2.28 bits per heavy atom. The lowest BCUT2D eigenvalue weighted by Gasteiger charge is -2.37. The Bertz CT molecular complexity index is 438. The Labute approximate surface area is 111 Å². The monoisotopic (exact) mass is 269 g/mol. The third-order valence-corrected chi connectivity index (χ3v) is 3.50. The highest BCUT2D eigenvalue weighted by molar-refractivity contribution is 6.31. The van der Waals surface area contributed by atoms with Crippen molar-refractivity contribution in [1.82, 2.24) is 4.90 Å². The number of aliphatic carboxylic acids is 1. The molecule has 18 heavy (non-hydrogen) atoms. The number of halogens is 1. The van der Waals surface area contributed by atoms with Gasteiger partial charge in [0.25, 0.3) is 0 Å². The first-order valence-corrected chi connectivity index (χ1v) is 6.27. The van der Waals surface area contributed by atoms with Gasteiger partial charge in [0, 0.05) is 23.2 Å². The SMILES string of the molecule is C[C@@H]1CO[C@H](c2ccccc2Cl)CN1CC(=O)O. The lowest BCUT2D eigenvalue weighted by Crippen LogP contribution is -2.47. The molecule has 2 rings (SSSR count). The molecule has 0 aliphatic carbocycles. The van der Waals surface area contributed by atoms with E-state index in [0.29, 0.717) is 18.2 Å². The minimum absolute atomic E-state index is 0.0332. The zero-order valence-corrected chi connectivity index (χ0v) is 10.9. The van der Waals surface area contributed by atoms with E-state index in [1.165, 1.54) is 0 Å². The van der Waals surface area contributed by atoms with E-state index in [-0.39, 0.29) is 18.7 Å². The first-order chi connectivity index (χ1) is 8.58. The van der Waals surface area contributed by atoms with E-state index < -0.39 is 5.97 Å². The largest absolute Gasteiger partial charge is 0.480 e. The molecule has 0 amide bonds. The first kappa shape index (κ1) is 13.3. The topological polar surface area (TPSA) is 49.8 Å². The number of ether oxygens (including phenoxy) is 1. The zero-order valence-electron chi connectivity index (χ0n) is 10.2. The molecule has 0 unspecified atom stereocenters. The van der Waals surface area contributed by atoms with E-state index in [1.54, 1.807) is 0 Å². The quantitative estimate of drug-likeness (QED) is 0.914. The van der Waals surface area contributed by atoms with Crippen molar-refractivity contribution < 1.29 is 14.6 Å². The molecule has 1 aromatic carbocycles. The molecule has 0 radical (unpaired) electrons. The summed E-state index contributed by atoms with van der Waals surface area (Å²) in [5.74, 6) is -0.818. The summed E-state index contributed by atoms with van der Waals surface area (Å²) < 4.78 is 5.75. The van der Waals surface area contributed by atoms with Crippen LogP contribution in [0.3, 0.4) is 0 Å². The van der Waals surface area contributed by atoms with Crippen LogP contribution in [-0.2, 0) is 9.53 Å². The van der Waals surface area contributed by atoms with Crippen molar-refractivity contribution in [3.05, 3.63) is 34.9 Å². The third kappa shape index (κ3) is 3.02. The van der Waals surface area contributed by atoms with Gasteiger partial charge in [-0.25, -0.2) is 0 Å². The van der Waals surface area contributed by atoms with E-state index in [4.69, 9.17) is 21.4 Å². The van der Waals surface area contributed by atoms with Gasteiger partial charge in [0.2, 0.25) is 0 Å². The highest BCUT2D eigenvalue weighted by Gasteiger charge is 2.29. The second-order valence-electron chi connectivity index (χ2n) is 4.52. The molecule has 0 bridgehead atoms. The standard InChI is InChI=1S/C13H16ClNO3/c1-9-8-18-12(6-15(9)7-13(16)17)10-4-2-3-5-11(10)14/h2-5,9,12H,6-8H2,1H3,(H,16,17)/t9-,12+/m1/s1. The smallest absolute Gasteiger partial charge is 0.317 e. The number of carboxylic acids is 1. The van der Waals surface area contributed by atoms with Crippen LogP contribution in [0.25, 0.3) is 0 Å². The van der Waals surface area contributed by atoms with Gasteiger partial charge in [-0.3, -0.25) is 9.69 Å². The summed E-state index contributed by atoms with van der Waals surface area (Å²) in [5.41, 5.74) is 0.918. The lowest BCUT2D eigenvalue weighted by atomic mass is 10.1. The maximum atomic E-state index is 10.8. The molecule has 1 aromatic rings. The summed E-state index contributed by atoms with van der Waals surface area (Å²) in [6.45, 7) is 3.07. The number of hydrogen-bond acceptors (Lipinski definition) is 3. The van der Waals surface area contributed by atoms with Crippen molar-refractivity contribution in [1.29, 1.82) is 0 Å². The summed E-state index contributed by atoms with van der Waals surface area (Å²) in [7, 11) is 0. The molecule has 98 valence electrons. The Morgan fingerprint density at radius 3 is 2.94 bits per heavy atom. The van der Waals surface area contributed by atoms with Gasteiger partial charge < -0.3 is 9.84 Å². The number of carboxylic acid groups (broad SMARTS) is 1. The van der Waals surface area contributed by atoms with Crippen molar-refractivity contribution in [3.63, 3.8) is 0 Å². The molecule has 1 fully saturated rings. The second-order valence-corrected chi connectivity index (χ2v) is 4.92. The summed E-state index contributed by atoms with van der Waals surface area (Å²) >= 11 is 6.13. The van der Waals surface area contributed by atoms with Gasteiger partial charge in [0.05, 0.1) is 19.3 Å². The maximum absolute atomic E-state index is 10.8. The van der Waals surface area contributed by atoms with Gasteiger partial charge >= 0.3 is 5.97 Å². The zero-order chi connectivity index (χ0) is 13.1. The van der Waals surface area contributed by atoms with E-state index in [9.17, 15) is 4.79 Å². The summed E-state index contributed by atoms with van der Waals surface area (Å²) in [6, 6.07) is 7.62. The minimum atomic E-state index is -0.818. The van der Waals surface area contributed by atoms with Crippen molar-refractivity contribution in [2.75, 3.05) is 19.7 Å². The van der Waals surface area contributed by atoms with E-state index in [2.05, 4.69) is 0 Å². The van der Waals surface area contributed by atoms with Gasteiger partial charge in [0.1, 0.15) is 0 Å². The van der Waals surface area contributed by atoms with Crippen molar-refractivity contribution in [2.24, 2.45) is 0 Å². The highest BCUT2D eigenvalue weighted by atomic mass is 35.5. The molecule has 1 aliphatic heterocycles. The molecule has 1 heterocycles. The van der Waals surface area contributed by atoms with E-state index in [0.717, 1.165) is 5.56 Å². The first-order valence-electron chi connectivity index (χ1n) is 5.90. The van der Waals surface area contributed by atoms with Crippen LogP contribution in [-0.4, -0.2) is 41.7 Å². The number of morpholine rings is 1. The average molecular weight is 270 g/mol. The molecule has 1 aliphatic rings. The Kier molecular flexibility index (Phi) is 4.22. The number of carbonyl (C=O) groups is 1. The second kappa shape index (κ2) is 5.69. The van der Waals surface area contributed by atoms with Crippen LogP contribution in [0.4, 0.5) is 0 Å². The van der Waals surface area contributed by atoms with Crippen LogP contribution in [0.15, 0.2) is 24.3 Å². The molecule has 2 atom stereocenters. The third-order valence-electron chi connectivity index (χ3n) is 3.15. The predicted octanol–water partition coefficient (Wildman–Crippen LogP) is 2.19. The van der Waals surface area contributed by atoms with Crippen molar-refractivity contribution in [2.45, 2.75) is 19.1 Å². The van der Waals surface area contributed by atoms with E-state index in [1.807, 2.05) is 36.1 Å². The molecule has 0 saturated carbocycles. The van der Waals surface area contributed by atoms with Gasteiger partial charge in [0.15, 0.2) is 0 Å². The van der Waals surface area contributed by atoms with Crippen molar-refractivity contribution in [3.8, 4) is 0 Å². The van der Waals surface area contributed by atoms with Crippen LogP contribution in [0.5, 0.6) is 0 Å². The van der Waals surface area contributed by atoms with Crippen molar-refractivity contribution >= 4 is 17.6 Å². The Balaban J connectivity index is 2.12. The molecule has 5 heteroatoms. The predicted molar refractivity (Wildman–Crippen MR) is 68.8 cm³/mol. The van der Waals surface area contributed by atoms with Gasteiger partial charge in [-0.1, -0.05) is 29.8 Å². The molecule has 0 spiro atoms. The lowest BCUT2D eigenvalue weighted by molar-refractivity contribution is -0.142. The molecule has 0 aromatic heterocycles. The van der Waals surface area contributed by atoms with Crippen LogP contribution in [0, 0.1) is 0 Å². The van der Waals surface area contributed by atoms with Crippen LogP contribution in [0.2, 0.25) is 5.02 Å². The number of hydrogen-bond donors (Lipinski definition) is 1. The van der Waals surface area contributed by atoms with Crippen LogP contribution in [0.1, 0.15) is 18.6 Å². The van der Waals surface area contributed by atoms with Gasteiger partial charge in [-0.05, 0) is 13.0 Å². The van der Waals surface area contributed by atoms with Crippen LogP contribution < -0.4 is 0 Å².